The lowest BCUT2D eigenvalue weighted by molar-refractivity contribution is 0.102. The van der Waals surface area contributed by atoms with Gasteiger partial charge in [0.15, 0.2) is 0 Å². The van der Waals surface area contributed by atoms with E-state index < -0.39 is 5.82 Å². The Hall–Kier alpha value is -2.87. The van der Waals surface area contributed by atoms with Crippen molar-refractivity contribution in [1.82, 2.24) is 0 Å². The van der Waals surface area contributed by atoms with E-state index >= 15 is 0 Å². The largest absolute Gasteiger partial charge is 0.385 e. The molecule has 0 spiro atoms. The predicted molar refractivity (Wildman–Crippen MR) is 79.7 cm³/mol. The first-order chi connectivity index (χ1) is 10.2. The average molecular weight is 283 g/mol. The standard InChI is InChI=1S/C16H14FN3O/c1-2-19-12-8-6-11(7-9-12)16(21)20-15-5-3-4-14(17)13(15)10-18/h3-9,19H,2H2,1H3,(H,20,21). The van der Waals surface area contributed by atoms with Crippen LogP contribution in [0.3, 0.4) is 0 Å². The van der Waals surface area contributed by atoms with Gasteiger partial charge in [-0.15, -0.1) is 0 Å². The van der Waals surface area contributed by atoms with Gasteiger partial charge < -0.3 is 10.6 Å². The fourth-order valence-corrected chi connectivity index (χ4v) is 1.88. The molecule has 0 aromatic heterocycles. The molecule has 4 nitrogen and oxygen atoms in total. The number of rotatable bonds is 4. The van der Waals surface area contributed by atoms with Gasteiger partial charge >= 0.3 is 0 Å². The van der Waals surface area contributed by atoms with Crippen LogP contribution in [0.15, 0.2) is 42.5 Å². The highest BCUT2D eigenvalue weighted by atomic mass is 19.1. The number of amides is 1. The highest BCUT2D eigenvalue weighted by Gasteiger charge is 2.12. The van der Waals surface area contributed by atoms with Crippen LogP contribution >= 0.6 is 0 Å². The van der Waals surface area contributed by atoms with Crippen LogP contribution in [0, 0.1) is 17.1 Å². The molecule has 0 aliphatic carbocycles. The number of nitrogens with one attached hydrogen (secondary N) is 2. The molecule has 0 bridgehead atoms. The first kappa shape index (κ1) is 14.5. The van der Waals surface area contributed by atoms with Crippen molar-refractivity contribution in [2.24, 2.45) is 0 Å². The Morgan fingerprint density at radius 2 is 1.95 bits per heavy atom. The van der Waals surface area contributed by atoms with Gasteiger partial charge in [0, 0.05) is 17.8 Å². The summed E-state index contributed by atoms with van der Waals surface area (Å²) in [6.07, 6.45) is 0. The number of carbonyl (C=O) groups is 1. The monoisotopic (exact) mass is 283 g/mol. The maximum absolute atomic E-state index is 13.5. The van der Waals surface area contributed by atoms with Gasteiger partial charge in [-0.25, -0.2) is 4.39 Å². The van der Waals surface area contributed by atoms with Crippen molar-refractivity contribution in [1.29, 1.82) is 5.26 Å². The molecule has 2 rings (SSSR count). The summed E-state index contributed by atoms with van der Waals surface area (Å²) in [4.78, 5) is 12.1. The van der Waals surface area contributed by atoms with Crippen LogP contribution in [-0.2, 0) is 0 Å². The van der Waals surface area contributed by atoms with Crippen LogP contribution in [-0.4, -0.2) is 12.5 Å². The molecule has 0 atom stereocenters. The van der Waals surface area contributed by atoms with Crippen LogP contribution in [0.2, 0.25) is 0 Å². The molecule has 106 valence electrons. The molecule has 2 aromatic rings. The first-order valence-corrected chi connectivity index (χ1v) is 6.49. The summed E-state index contributed by atoms with van der Waals surface area (Å²) in [5, 5.41) is 14.6. The van der Waals surface area contributed by atoms with Crippen molar-refractivity contribution in [3.63, 3.8) is 0 Å². The quantitative estimate of drug-likeness (QED) is 0.904. The zero-order valence-corrected chi connectivity index (χ0v) is 11.5. The third-order valence-electron chi connectivity index (χ3n) is 2.90. The number of anilines is 2. The fraction of sp³-hybridized carbons (Fsp3) is 0.125. The molecule has 0 fully saturated rings. The van der Waals surface area contributed by atoms with Crippen LogP contribution in [0.5, 0.6) is 0 Å². The molecule has 2 N–H and O–H groups in total. The van der Waals surface area contributed by atoms with Gasteiger partial charge in [-0.1, -0.05) is 6.07 Å². The van der Waals surface area contributed by atoms with E-state index in [0.29, 0.717) is 5.56 Å². The summed E-state index contributed by atoms with van der Waals surface area (Å²) in [6.45, 7) is 2.77. The van der Waals surface area contributed by atoms with Crippen molar-refractivity contribution in [3.05, 3.63) is 59.4 Å². The van der Waals surface area contributed by atoms with Crippen LogP contribution in [0.25, 0.3) is 0 Å². The van der Waals surface area contributed by atoms with E-state index in [2.05, 4.69) is 10.6 Å². The zero-order valence-electron chi connectivity index (χ0n) is 11.5. The van der Waals surface area contributed by atoms with Gasteiger partial charge in [-0.2, -0.15) is 5.26 Å². The van der Waals surface area contributed by atoms with Gasteiger partial charge in [0.05, 0.1) is 5.69 Å². The normalized spacial score (nSPS) is 9.76. The minimum absolute atomic E-state index is 0.165. The topological polar surface area (TPSA) is 64.9 Å². The number of benzene rings is 2. The second kappa shape index (κ2) is 6.53. The second-order valence-electron chi connectivity index (χ2n) is 4.34. The molecule has 0 saturated carbocycles. The minimum Gasteiger partial charge on any atom is -0.385 e. The van der Waals surface area contributed by atoms with Crippen molar-refractivity contribution < 1.29 is 9.18 Å². The van der Waals surface area contributed by atoms with E-state index in [1.807, 2.05) is 6.92 Å². The molecular weight excluding hydrogens is 269 g/mol. The summed E-state index contributed by atoms with van der Waals surface area (Å²) in [5.41, 5.74) is 1.34. The van der Waals surface area contributed by atoms with E-state index in [9.17, 15) is 9.18 Å². The molecule has 0 heterocycles. The van der Waals surface area contributed by atoms with Gasteiger partial charge in [0.1, 0.15) is 17.4 Å². The lowest BCUT2D eigenvalue weighted by Crippen LogP contribution is -2.13. The number of carbonyl (C=O) groups excluding carboxylic acids is 1. The highest BCUT2D eigenvalue weighted by Crippen LogP contribution is 2.19. The van der Waals surface area contributed by atoms with Gasteiger partial charge in [0.2, 0.25) is 0 Å². The first-order valence-electron chi connectivity index (χ1n) is 6.49. The Morgan fingerprint density at radius 1 is 1.24 bits per heavy atom. The summed E-state index contributed by atoms with van der Waals surface area (Å²) < 4.78 is 13.5. The Balaban J connectivity index is 2.19. The predicted octanol–water partition coefficient (Wildman–Crippen LogP) is 3.38. The molecule has 0 aliphatic heterocycles. The molecule has 21 heavy (non-hydrogen) atoms. The maximum atomic E-state index is 13.5. The zero-order chi connectivity index (χ0) is 15.2. The van der Waals surface area contributed by atoms with E-state index in [-0.39, 0.29) is 17.2 Å². The number of nitriles is 1. The van der Waals surface area contributed by atoms with Crippen LogP contribution < -0.4 is 10.6 Å². The summed E-state index contributed by atoms with van der Waals surface area (Å²) in [5.74, 6) is -1.04. The van der Waals surface area contributed by atoms with Gasteiger partial charge in [0.25, 0.3) is 5.91 Å². The Bertz CT molecular complexity index is 690. The highest BCUT2D eigenvalue weighted by molar-refractivity contribution is 6.05. The average Bonchev–Trinajstić information content (AvgIpc) is 2.48. The Kier molecular flexibility index (Phi) is 4.52. The second-order valence-corrected chi connectivity index (χ2v) is 4.34. The van der Waals surface area contributed by atoms with E-state index in [1.165, 1.54) is 18.2 Å². The molecule has 0 aliphatic rings. The molecule has 0 radical (unpaired) electrons. The molecule has 1 amide bonds. The van der Waals surface area contributed by atoms with Gasteiger partial charge in [-0.05, 0) is 43.3 Å². The Labute approximate surface area is 122 Å². The maximum Gasteiger partial charge on any atom is 0.255 e. The number of hydrogen-bond acceptors (Lipinski definition) is 3. The lowest BCUT2D eigenvalue weighted by atomic mass is 10.1. The number of hydrogen-bond donors (Lipinski definition) is 2. The summed E-state index contributed by atoms with van der Waals surface area (Å²) >= 11 is 0. The SMILES string of the molecule is CCNc1ccc(C(=O)Nc2cccc(F)c2C#N)cc1. The molecule has 0 saturated heterocycles. The smallest absolute Gasteiger partial charge is 0.255 e. The van der Waals surface area contributed by atoms with Crippen LogP contribution in [0.1, 0.15) is 22.8 Å². The fourth-order valence-electron chi connectivity index (χ4n) is 1.88. The lowest BCUT2D eigenvalue weighted by Gasteiger charge is -2.08. The van der Waals surface area contributed by atoms with E-state index in [4.69, 9.17) is 5.26 Å². The summed E-state index contributed by atoms with van der Waals surface area (Å²) in [6, 6.07) is 12.8. The van der Waals surface area contributed by atoms with E-state index in [1.54, 1.807) is 30.3 Å². The van der Waals surface area contributed by atoms with Crippen molar-refractivity contribution in [2.45, 2.75) is 6.92 Å². The molecule has 0 unspecified atom stereocenters. The summed E-state index contributed by atoms with van der Waals surface area (Å²) in [7, 11) is 0. The van der Waals surface area contributed by atoms with E-state index in [0.717, 1.165) is 12.2 Å². The third-order valence-corrected chi connectivity index (χ3v) is 2.90. The van der Waals surface area contributed by atoms with Crippen molar-refractivity contribution in [2.75, 3.05) is 17.2 Å². The molecular formula is C16H14FN3O. The number of halogens is 1. The number of nitrogens with zero attached hydrogens (tertiary/aromatic N) is 1. The third kappa shape index (κ3) is 3.37. The van der Waals surface area contributed by atoms with Crippen LogP contribution in [0.4, 0.5) is 15.8 Å². The van der Waals surface area contributed by atoms with Gasteiger partial charge in [-0.3, -0.25) is 4.79 Å². The van der Waals surface area contributed by atoms with Crippen molar-refractivity contribution in [3.8, 4) is 6.07 Å². The van der Waals surface area contributed by atoms with Crippen molar-refractivity contribution >= 4 is 17.3 Å². The molecule has 5 heteroatoms. The minimum atomic E-state index is -0.655. The molecule has 2 aromatic carbocycles. The Morgan fingerprint density at radius 3 is 2.57 bits per heavy atom.